The van der Waals surface area contributed by atoms with E-state index in [-0.39, 0.29) is 5.91 Å². The second-order valence-electron chi connectivity index (χ2n) is 2.66. The van der Waals surface area contributed by atoms with Gasteiger partial charge in [-0.05, 0) is 19.9 Å². The molecule has 0 aromatic rings. The van der Waals surface area contributed by atoms with Crippen molar-refractivity contribution in [3.63, 3.8) is 0 Å². The third-order valence-electron chi connectivity index (χ3n) is 1.56. The van der Waals surface area contributed by atoms with Crippen LogP contribution in [-0.4, -0.2) is 25.0 Å². The van der Waals surface area contributed by atoms with Gasteiger partial charge < -0.3 is 10.6 Å². The largest absolute Gasteiger partial charge is 0.353 e. The van der Waals surface area contributed by atoms with E-state index in [0.29, 0.717) is 12.6 Å². The summed E-state index contributed by atoms with van der Waals surface area (Å²) in [7, 11) is 0. The number of rotatable bonds is 5. The Morgan fingerprint density at radius 1 is 1.45 bits per heavy atom. The quantitative estimate of drug-likeness (QED) is 0.612. The molecule has 0 radical (unpaired) electrons. The van der Waals surface area contributed by atoms with Gasteiger partial charge in [-0.1, -0.05) is 13.8 Å². The predicted octanol–water partition coefficient (Wildman–Crippen LogP) is 0.511. The van der Waals surface area contributed by atoms with Gasteiger partial charge in [-0.2, -0.15) is 0 Å². The Morgan fingerprint density at radius 2 is 2.09 bits per heavy atom. The average molecular weight is 158 g/mol. The fraction of sp³-hybridized carbons (Fsp3) is 0.875. The predicted molar refractivity (Wildman–Crippen MR) is 46.4 cm³/mol. The number of carbonyl (C=O) groups is 1. The number of nitrogens with one attached hydrogen (secondary N) is 2. The minimum absolute atomic E-state index is 0.0844. The first-order valence-corrected chi connectivity index (χ1v) is 4.20. The molecule has 0 aromatic carbocycles. The molecule has 0 aromatic heterocycles. The zero-order valence-electron chi connectivity index (χ0n) is 7.61. The Bertz CT molecular complexity index is 115. The molecule has 0 rings (SSSR count). The van der Waals surface area contributed by atoms with Crippen LogP contribution in [0.5, 0.6) is 0 Å². The highest BCUT2D eigenvalue weighted by atomic mass is 16.1. The molecule has 0 heterocycles. The van der Waals surface area contributed by atoms with Gasteiger partial charge >= 0.3 is 0 Å². The van der Waals surface area contributed by atoms with Crippen LogP contribution in [0.1, 0.15) is 27.2 Å². The second kappa shape index (κ2) is 6.16. The third kappa shape index (κ3) is 5.85. The minimum atomic E-state index is 0.0844. The standard InChI is InChI=1S/C8H18N2O/c1-4-7(3)10-8(11)6-9-5-2/h7,9H,4-6H2,1-3H3,(H,10,11)/t7-/m1/s1. The average Bonchev–Trinajstić information content (AvgIpc) is 2.00. The highest BCUT2D eigenvalue weighted by Crippen LogP contribution is 1.85. The Hall–Kier alpha value is -0.570. The Kier molecular flexibility index (Phi) is 5.84. The van der Waals surface area contributed by atoms with E-state index in [9.17, 15) is 4.79 Å². The molecule has 2 N–H and O–H groups in total. The first-order valence-electron chi connectivity index (χ1n) is 4.20. The minimum Gasteiger partial charge on any atom is -0.353 e. The summed E-state index contributed by atoms with van der Waals surface area (Å²) in [5, 5.41) is 5.83. The van der Waals surface area contributed by atoms with Crippen LogP contribution >= 0.6 is 0 Å². The van der Waals surface area contributed by atoms with Crippen LogP contribution in [0.25, 0.3) is 0 Å². The van der Waals surface area contributed by atoms with E-state index < -0.39 is 0 Å². The van der Waals surface area contributed by atoms with E-state index >= 15 is 0 Å². The van der Waals surface area contributed by atoms with Crippen LogP contribution in [-0.2, 0) is 4.79 Å². The molecule has 66 valence electrons. The molecule has 1 atom stereocenters. The third-order valence-corrected chi connectivity index (χ3v) is 1.56. The first-order chi connectivity index (χ1) is 5.20. The molecule has 0 spiro atoms. The van der Waals surface area contributed by atoms with Crippen molar-refractivity contribution in [3.05, 3.63) is 0 Å². The summed E-state index contributed by atoms with van der Waals surface area (Å²) in [6.07, 6.45) is 0.984. The van der Waals surface area contributed by atoms with E-state index in [1.165, 1.54) is 0 Å². The highest BCUT2D eigenvalue weighted by Gasteiger charge is 2.02. The monoisotopic (exact) mass is 158 g/mol. The van der Waals surface area contributed by atoms with E-state index in [2.05, 4.69) is 17.6 Å². The van der Waals surface area contributed by atoms with Gasteiger partial charge in [0.15, 0.2) is 0 Å². The molecule has 0 unspecified atom stereocenters. The van der Waals surface area contributed by atoms with Crippen molar-refractivity contribution in [1.82, 2.24) is 10.6 Å². The molecule has 0 fully saturated rings. The summed E-state index contributed by atoms with van der Waals surface area (Å²) < 4.78 is 0. The molecular weight excluding hydrogens is 140 g/mol. The van der Waals surface area contributed by atoms with Crippen LogP contribution in [0.4, 0.5) is 0 Å². The van der Waals surface area contributed by atoms with Crippen molar-refractivity contribution in [2.75, 3.05) is 13.1 Å². The molecule has 0 aliphatic rings. The van der Waals surface area contributed by atoms with Crippen LogP contribution in [0.2, 0.25) is 0 Å². The lowest BCUT2D eigenvalue weighted by Crippen LogP contribution is -2.38. The smallest absolute Gasteiger partial charge is 0.234 e. The summed E-state index contributed by atoms with van der Waals surface area (Å²) in [5.41, 5.74) is 0. The van der Waals surface area contributed by atoms with Gasteiger partial charge in [-0.25, -0.2) is 0 Å². The van der Waals surface area contributed by atoms with Crippen LogP contribution in [0.15, 0.2) is 0 Å². The van der Waals surface area contributed by atoms with Gasteiger partial charge in [-0.15, -0.1) is 0 Å². The van der Waals surface area contributed by atoms with E-state index in [0.717, 1.165) is 13.0 Å². The second-order valence-corrected chi connectivity index (χ2v) is 2.66. The highest BCUT2D eigenvalue weighted by molar-refractivity contribution is 5.78. The van der Waals surface area contributed by atoms with Crippen LogP contribution < -0.4 is 10.6 Å². The van der Waals surface area contributed by atoms with Crippen LogP contribution in [0, 0.1) is 0 Å². The number of likely N-dealkylation sites (N-methyl/N-ethyl adjacent to an activating group) is 1. The molecule has 0 bridgehead atoms. The lowest BCUT2D eigenvalue weighted by molar-refractivity contribution is -0.120. The lowest BCUT2D eigenvalue weighted by Gasteiger charge is -2.10. The normalized spacial score (nSPS) is 12.6. The summed E-state index contributed by atoms with van der Waals surface area (Å²) >= 11 is 0. The van der Waals surface area contributed by atoms with Gasteiger partial charge in [0.2, 0.25) is 5.91 Å². The SMILES string of the molecule is CCNCC(=O)N[C@H](C)CC. The summed E-state index contributed by atoms with van der Waals surface area (Å²) in [4.78, 5) is 11.0. The molecule has 1 amide bonds. The zero-order chi connectivity index (χ0) is 8.69. The topological polar surface area (TPSA) is 41.1 Å². The number of amides is 1. The number of carbonyl (C=O) groups excluding carboxylic acids is 1. The summed E-state index contributed by atoms with van der Waals surface area (Å²) in [5.74, 6) is 0.0844. The molecular formula is C8H18N2O. The van der Waals surface area contributed by atoms with Gasteiger partial charge in [0.25, 0.3) is 0 Å². The molecule has 11 heavy (non-hydrogen) atoms. The number of hydrogen-bond acceptors (Lipinski definition) is 2. The van der Waals surface area contributed by atoms with Gasteiger partial charge in [0.1, 0.15) is 0 Å². The van der Waals surface area contributed by atoms with Crippen molar-refractivity contribution >= 4 is 5.91 Å². The van der Waals surface area contributed by atoms with Crippen molar-refractivity contribution < 1.29 is 4.79 Å². The van der Waals surface area contributed by atoms with Crippen LogP contribution in [0.3, 0.4) is 0 Å². The molecule has 0 aliphatic carbocycles. The Balaban J connectivity index is 3.36. The van der Waals surface area contributed by atoms with E-state index in [1.807, 2.05) is 13.8 Å². The van der Waals surface area contributed by atoms with Crippen molar-refractivity contribution in [2.45, 2.75) is 33.2 Å². The maximum Gasteiger partial charge on any atom is 0.234 e. The van der Waals surface area contributed by atoms with Gasteiger partial charge in [0, 0.05) is 6.04 Å². The first kappa shape index (κ1) is 10.4. The molecule has 3 heteroatoms. The maximum atomic E-state index is 11.0. The number of hydrogen-bond donors (Lipinski definition) is 2. The fourth-order valence-electron chi connectivity index (χ4n) is 0.666. The molecule has 0 saturated carbocycles. The fourth-order valence-corrected chi connectivity index (χ4v) is 0.666. The summed E-state index contributed by atoms with van der Waals surface area (Å²) in [6.45, 7) is 7.31. The molecule has 0 aliphatic heterocycles. The Labute approximate surface area is 68.6 Å². The maximum absolute atomic E-state index is 11.0. The van der Waals surface area contributed by atoms with E-state index in [1.54, 1.807) is 0 Å². The van der Waals surface area contributed by atoms with Gasteiger partial charge in [0.05, 0.1) is 6.54 Å². The molecule has 3 nitrogen and oxygen atoms in total. The van der Waals surface area contributed by atoms with E-state index in [4.69, 9.17) is 0 Å². The van der Waals surface area contributed by atoms with Crippen molar-refractivity contribution in [3.8, 4) is 0 Å². The lowest BCUT2D eigenvalue weighted by atomic mass is 10.2. The zero-order valence-corrected chi connectivity index (χ0v) is 7.61. The van der Waals surface area contributed by atoms with Crippen molar-refractivity contribution in [2.24, 2.45) is 0 Å². The Morgan fingerprint density at radius 3 is 2.55 bits per heavy atom. The van der Waals surface area contributed by atoms with Crippen molar-refractivity contribution in [1.29, 1.82) is 0 Å². The van der Waals surface area contributed by atoms with Gasteiger partial charge in [-0.3, -0.25) is 4.79 Å². The summed E-state index contributed by atoms with van der Waals surface area (Å²) in [6, 6.07) is 0.293. The molecule has 0 saturated heterocycles.